The molecule has 0 heterocycles. The lowest BCUT2D eigenvalue weighted by Gasteiger charge is -2.09. The minimum absolute atomic E-state index is 0.169. The molecule has 0 atom stereocenters. The number of hydrogen-bond acceptors (Lipinski definition) is 0. The zero-order valence-corrected chi connectivity index (χ0v) is 11.6. The van der Waals surface area contributed by atoms with Crippen molar-refractivity contribution in [3.8, 4) is 0 Å². The van der Waals surface area contributed by atoms with Crippen LogP contribution in [0.2, 0.25) is 0 Å². The molecule has 0 aliphatic rings. The molecule has 0 aliphatic carbocycles. The molecule has 3 heteroatoms. The van der Waals surface area contributed by atoms with Crippen molar-refractivity contribution in [3.05, 3.63) is 83.4 Å². The molecule has 0 saturated carbocycles. The summed E-state index contributed by atoms with van der Waals surface area (Å²) in [5, 5.41) is 2.08. The van der Waals surface area contributed by atoms with Gasteiger partial charge in [0.1, 0.15) is 0 Å². The molecule has 110 valence electrons. The molecule has 0 aromatic heterocycles. The zero-order chi connectivity index (χ0) is 15.6. The van der Waals surface area contributed by atoms with Gasteiger partial charge in [0.05, 0.1) is 5.56 Å². The van der Waals surface area contributed by atoms with Crippen LogP contribution in [0.25, 0.3) is 22.9 Å². The second-order valence-electron chi connectivity index (χ2n) is 4.99. The fourth-order valence-electron chi connectivity index (χ4n) is 2.48. The van der Waals surface area contributed by atoms with E-state index < -0.39 is 11.7 Å². The summed E-state index contributed by atoms with van der Waals surface area (Å²) in [6.45, 7) is 0. The number of halogens is 3. The Kier molecular flexibility index (Phi) is 3.72. The molecule has 22 heavy (non-hydrogen) atoms. The van der Waals surface area contributed by atoms with Crippen LogP contribution in [-0.2, 0) is 6.18 Å². The smallest absolute Gasteiger partial charge is 0.166 e. The van der Waals surface area contributed by atoms with E-state index in [4.69, 9.17) is 0 Å². The molecule has 0 nitrogen and oxygen atoms in total. The van der Waals surface area contributed by atoms with Gasteiger partial charge in [0.2, 0.25) is 0 Å². The Bertz CT molecular complexity index is 824. The fraction of sp³-hybridized carbons (Fsp3) is 0.0526. The highest BCUT2D eigenvalue weighted by atomic mass is 19.4. The minimum atomic E-state index is -4.35. The number of rotatable bonds is 2. The van der Waals surface area contributed by atoms with Gasteiger partial charge in [0, 0.05) is 0 Å². The van der Waals surface area contributed by atoms with Crippen LogP contribution in [0.4, 0.5) is 13.2 Å². The maximum absolute atomic E-state index is 13.0. The van der Waals surface area contributed by atoms with Gasteiger partial charge in [-0.1, -0.05) is 72.8 Å². The SMILES string of the molecule is FC(F)(F)c1ccccc1/C=C/c1cccc2ccccc12. The molecule has 0 N–H and O–H groups in total. The molecule has 0 bridgehead atoms. The van der Waals surface area contributed by atoms with Gasteiger partial charge in [-0.15, -0.1) is 0 Å². The molecule has 0 unspecified atom stereocenters. The summed E-state index contributed by atoms with van der Waals surface area (Å²) < 4.78 is 39.0. The van der Waals surface area contributed by atoms with Gasteiger partial charge in [-0.3, -0.25) is 0 Å². The van der Waals surface area contributed by atoms with Crippen LogP contribution in [0, 0.1) is 0 Å². The Balaban J connectivity index is 2.05. The molecule has 0 amide bonds. The van der Waals surface area contributed by atoms with E-state index in [1.165, 1.54) is 18.2 Å². The Morgan fingerprint density at radius 2 is 1.23 bits per heavy atom. The van der Waals surface area contributed by atoms with Gasteiger partial charge >= 0.3 is 6.18 Å². The van der Waals surface area contributed by atoms with Crippen LogP contribution in [-0.4, -0.2) is 0 Å². The molecular formula is C19H13F3. The van der Waals surface area contributed by atoms with Crippen LogP contribution in [0.3, 0.4) is 0 Å². The summed E-state index contributed by atoms with van der Waals surface area (Å²) >= 11 is 0. The minimum Gasteiger partial charge on any atom is -0.166 e. The number of alkyl halides is 3. The van der Waals surface area contributed by atoms with E-state index in [1.807, 2.05) is 42.5 Å². The lowest BCUT2D eigenvalue weighted by molar-refractivity contribution is -0.137. The predicted molar refractivity (Wildman–Crippen MR) is 84.3 cm³/mol. The highest BCUT2D eigenvalue weighted by molar-refractivity contribution is 5.92. The standard InChI is InChI=1S/C19H13F3/c20-19(21,22)18-11-4-2-7-16(18)13-12-15-9-5-8-14-6-1-3-10-17(14)15/h1-13H/b13-12+. The van der Waals surface area contributed by atoms with Crippen molar-refractivity contribution in [2.45, 2.75) is 6.18 Å². The topological polar surface area (TPSA) is 0 Å². The molecule has 0 saturated heterocycles. The first-order valence-electron chi connectivity index (χ1n) is 6.88. The normalized spacial score (nSPS) is 12.1. The van der Waals surface area contributed by atoms with Gasteiger partial charge in [-0.2, -0.15) is 13.2 Å². The average Bonchev–Trinajstić information content (AvgIpc) is 2.52. The van der Waals surface area contributed by atoms with Crippen LogP contribution < -0.4 is 0 Å². The Morgan fingerprint density at radius 1 is 0.636 bits per heavy atom. The van der Waals surface area contributed by atoms with Crippen molar-refractivity contribution in [2.75, 3.05) is 0 Å². The number of benzene rings is 3. The molecule has 3 aromatic carbocycles. The third-order valence-corrected chi connectivity index (χ3v) is 3.53. The van der Waals surface area contributed by atoms with Crippen molar-refractivity contribution >= 4 is 22.9 Å². The van der Waals surface area contributed by atoms with Crippen LogP contribution in [0.1, 0.15) is 16.7 Å². The first-order valence-corrected chi connectivity index (χ1v) is 6.88. The second kappa shape index (κ2) is 5.68. The number of hydrogen-bond donors (Lipinski definition) is 0. The Hall–Kier alpha value is -2.55. The lowest BCUT2D eigenvalue weighted by Crippen LogP contribution is -2.06. The van der Waals surface area contributed by atoms with Crippen LogP contribution in [0.15, 0.2) is 66.7 Å². The molecule has 3 rings (SSSR count). The van der Waals surface area contributed by atoms with E-state index in [2.05, 4.69) is 0 Å². The summed E-state index contributed by atoms with van der Waals surface area (Å²) in [4.78, 5) is 0. The summed E-state index contributed by atoms with van der Waals surface area (Å²) in [6, 6.07) is 19.2. The van der Waals surface area contributed by atoms with Crippen molar-refractivity contribution in [1.29, 1.82) is 0 Å². The molecule has 0 aliphatic heterocycles. The van der Waals surface area contributed by atoms with E-state index in [1.54, 1.807) is 12.1 Å². The molecule has 0 radical (unpaired) electrons. The molecule has 0 fully saturated rings. The summed E-state index contributed by atoms with van der Waals surface area (Å²) in [5.41, 5.74) is 0.449. The Morgan fingerprint density at radius 3 is 2.05 bits per heavy atom. The van der Waals surface area contributed by atoms with E-state index in [-0.39, 0.29) is 5.56 Å². The zero-order valence-electron chi connectivity index (χ0n) is 11.6. The first kappa shape index (κ1) is 14.4. The predicted octanol–water partition coefficient (Wildman–Crippen LogP) is 6.03. The van der Waals surface area contributed by atoms with Crippen molar-refractivity contribution in [2.24, 2.45) is 0 Å². The number of fused-ring (bicyclic) bond motifs is 1. The van der Waals surface area contributed by atoms with Gasteiger partial charge in [-0.25, -0.2) is 0 Å². The maximum atomic E-state index is 13.0. The highest BCUT2D eigenvalue weighted by Gasteiger charge is 2.32. The van der Waals surface area contributed by atoms with Gasteiger partial charge in [0.15, 0.2) is 0 Å². The Labute approximate surface area is 126 Å². The molecular weight excluding hydrogens is 285 g/mol. The highest BCUT2D eigenvalue weighted by Crippen LogP contribution is 2.33. The summed E-state index contributed by atoms with van der Waals surface area (Å²) in [7, 11) is 0. The van der Waals surface area contributed by atoms with E-state index in [0.29, 0.717) is 0 Å². The quantitative estimate of drug-likeness (QED) is 0.507. The van der Waals surface area contributed by atoms with E-state index >= 15 is 0 Å². The summed E-state index contributed by atoms with van der Waals surface area (Å²) in [6.07, 6.45) is -1.10. The first-order chi connectivity index (χ1) is 10.6. The van der Waals surface area contributed by atoms with Crippen molar-refractivity contribution in [3.63, 3.8) is 0 Å². The largest absolute Gasteiger partial charge is 0.416 e. The third kappa shape index (κ3) is 2.89. The van der Waals surface area contributed by atoms with Crippen LogP contribution >= 0.6 is 0 Å². The maximum Gasteiger partial charge on any atom is 0.416 e. The second-order valence-corrected chi connectivity index (χ2v) is 4.99. The van der Waals surface area contributed by atoms with Gasteiger partial charge < -0.3 is 0 Å². The lowest BCUT2D eigenvalue weighted by atomic mass is 10.0. The fourth-order valence-corrected chi connectivity index (χ4v) is 2.48. The van der Waals surface area contributed by atoms with E-state index in [9.17, 15) is 13.2 Å². The van der Waals surface area contributed by atoms with E-state index in [0.717, 1.165) is 22.4 Å². The van der Waals surface area contributed by atoms with Crippen LogP contribution in [0.5, 0.6) is 0 Å². The average molecular weight is 298 g/mol. The van der Waals surface area contributed by atoms with Crippen molar-refractivity contribution in [1.82, 2.24) is 0 Å². The summed E-state index contributed by atoms with van der Waals surface area (Å²) in [5.74, 6) is 0. The monoisotopic (exact) mass is 298 g/mol. The molecule has 0 spiro atoms. The third-order valence-electron chi connectivity index (χ3n) is 3.53. The van der Waals surface area contributed by atoms with Gasteiger partial charge in [0.25, 0.3) is 0 Å². The van der Waals surface area contributed by atoms with Crippen molar-refractivity contribution < 1.29 is 13.2 Å². The molecule has 3 aromatic rings. The van der Waals surface area contributed by atoms with Gasteiger partial charge in [-0.05, 0) is 28.0 Å².